The van der Waals surface area contributed by atoms with E-state index in [-0.39, 0.29) is 5.56 Å². The zero-order valence-electron chi connectivity index (χ0n) is 17.4. The van der Waals surface area contributed by atoms with E-state index in [4.69, 9.17) is 21.0 Å². The fourth-order valence-corrected chi connectivity index (χ4v) is 4.21. The summed E-state index contributed by atoms with van der Waals surface area (Å²) in [6, 6.07) is 15.2. The maximum atomic E-state index is 13.1. The maximum Gasteiger partial charge on any atom is 0.262 e. The SMILES string of the molecule is CC(C)CCn1c(SCc2nnc(Cc3ccccc3)o2)nc2cc(Cl)ccc2c1=O. The Morgan fingerprint density at radius 3 is 2.65 bits per heavy atom. The van der Waals surface area contributed by atoms with Crippen molar-refractivity contribution < 1.29 is 4.42 Å². The average Bonchev–Trinajstić information content (AvgIpc) is 3.19. The van der Waals surface area contributed by atoms with Gasteiger partial charge >= 0.3 is 0 Å². The first kappa shape index (κ1) is 21.6. The minimum Gasteiger partial charge on any atom is -0.424 e. The van der Waals surface area contributed by atoms with E-state index < -0.39 is 0 Å². The molecule has 0 aliphatic rings. The van der Waals surface area contributed by atoms with Crippen LogP contribution in [0.15, 0.2) is 62.9 Å². The molecule has 4 aromatic rings. The van der Waals surface area contributed by atoms with E-state index in [1.165, 1.54) is 11.8 Å². The summed E-state index contributed by atoms with van der Waals surface area (Å²) < 4.78 is 7.54. The van der Waals surface area contributed by atoms with Crippen LogP contribution in [0, 0.1) is 5.92 Å². The van der Waals surface area contributed by atoms with E-state index in [2.05, 4.69) is 24.0 Å². The Labute approximate surface area is 189 Å². The summed E-state index contributed by atoms with van der Waals surface area (Å²) in [7, 11) is 0. The van der Waals surface area contributed by atoms with E-state index in [1.54, 1.807) is 22.8 Å². The van der Waals surface area contributed by atoms with Crippen LogP contribution < -0.4 is 5.56 Å². The zero-order chi connectivity index (χ0) is 21.8. The molecule has 0 bridgehead atoms. The molecule has 6 nitrogen and oxygen atoms in total. The molecule has 31 heavy (non-hydrogen) atoms. The second-order valence-electron chi connectivity index (χ2n) is 7.74. The Bertz CT molecular complexity index is 1240. The van der Waals surface area contributed by atoms with Gasteiger partial charge in [-0.2, -0.15) is 0 Å². The quantitative estimate of drug-likeness (QED) is 0.263. The van der Waals surface area contributed by atoms with E-state index in [1.807, 2.05) is 30.3 Å². The van der Waals surface area contributed by atoms with E-state index in [0.717, 1.165) is 12.0 Å². The second-order valence-corrected chi connectivity index (χ2v) is 9.11. The molecule has 0 saturated heterocycles. The van der Waals surface area contributed by atoms with Crippen molar-refractivity contribution >= 4 is 34.3 Å². The third-order valence-electron chi connectivity index (χ3n) is 4.84. The van der Waals surface area contributed by atoms with Crippen LogP contribution in [0.1, 0.15) is 37.6 Å². The Hall–Kier alpha value is -2.64. The van der Waals surface area contributed by atoms with E-state index in [0.29, 0.717) is 57.5 Å². The molecule has 0 fully saturated rings. The molecule has 8 heteroatoms. The van der Waals surface area contributed by atoms with Gasteiger partial charge in [0, 0.05) is 11.6 Å². The van der Waals surface area contributed by atoms with Crippen molar-refractivity contribution in [2.75, 3.05) is 0 Å². The normalized spacial score (nSPS) is 11.5. The van der Waals surface area contributed by atoms with Crippen molar-refractivity contribution in [3.8, 4) is 0 Å². The van der Waals surface area contributed by atoms with Gasteiger partial charge < -0.3 is 4.42 Å². The maximum absolute atomic E-state index is 13.1. The number of rotatable bonds is 8. The van der Waals surface area contributed by atoms with Gasteiger partial charge in [-0.25, -0.2) is 4.98 Å². The molecular formula is C23H23ClN4O2S. The Balaban J connectivity index is 1.57. The number of benzene rings is 2. The van der Waals surface area contributed by atoms with Crippen LogP contribution in [0.4, 0.5) is 0 Å². The fourth-order valence-electron chi connectivity index (χ4n) is 3.18. The lowest BCUT2D eigenvalue weighted by Crippen LogP contribution is -2.24. The van der Waals surface area contributed by atoms with Gasteiger partial charge in [-0.3, -0.25) is 9.36 Å². The first-order chi connectivity index (χ1) is 15.0. The molecule has 160 valence electrons. The lowest BCUT2D eigenvalue weighted by molar-refractivity contribution is 0.471. The van der Waals surface area contributed by atoms with Crippen LogP contribution in [-0.4, -0.2) is 19.7 Å². The topological polar surface area (TPSA) is 73.8 Å². The number of aromatic nitrogens is 4. The van der Waals surface area contributed by atoms with Crippen LogP contribution in [0.2, 0.25) is 5.02 Å². The molecule has 0 unspecified atom stereocenters. The Morgan fingerprint density at radius 1 is 1.10 bits per heavy atom. The summed E-state index contributed by atoms with van der Waals surface area (Å²) in [4.78, 5) is 17.8. The summed E-state index contributed by atoms with van der Waals surface area (Å²) in [6.45, 7) is 4.88. The standard InChI is InChI=1S/C23H23ClN4O2S/c1-15(2)10-11-28-22(29)18-9-8-17(24)13-19(18)25-23(28)31-14-21-27-26-20(30-21)12-16-6-4-3-5-7-16/h3-9,13,15H,10-12,14H2,1-2H3. The number of nitrogens with zero attached hydrogens (tertiary/aromatic N) is 4. The molecule has 0 amide bonds. The van der Waals surface area contributed by atoms with Crippen LogP contribution in [0.5, 0.6) is 0 Å². The molecule has 2 heterocycles. The predicted molar refractivity (Wildman–Crippen MR) is 124 cm³/mol. The highest BCUT2D eigenvalue weighted by Crippen LogP contribution is 2.24. The van der Waals surface area contributed by atoms with Crippen LogP contribution >= 0.6 is 23.4 Å². The Kier molecular flexibility index (Phi) is 6.73. The predicted octanol–water partition coefficient (Wildman–Crippen LogP) is 5.36. The largest absolute Gasteiger partial charge is 0.424 e. The smallest absolute Gasteiger partial charge is 0.262 e. The molecule has 0 atom stereocenters. The highest BCUT2D eigenvalue weighted by molar-refractivity contribution is 7.98. The minimum absolute atomic E-state index is 0.0555. The van der Waals surface area contributed by atoms with Crippen LogP contribution in [-0.2, 0) is 18.7 Å². The molecule has 2 aromatic heterocycles. The summed E-state index contributed by atoms with van der Waals surface area (Å²) in [5, 5.41) is 10.1. The Morgan fingerprint density at radius 2 is 1.87 bits per heavy atom. The molecule has 0 N–H and O–H groups in total. The molecule has 4 rings (SSSR count). The highest BCUT2D eigenvalue weighted by Gasteiger charge is 2.15. The molecule has 0 saturated carbocycles. The molecule has 0 radical (unpaired) electrons. The third kappa shape index (κ3) is 5.35. The van der Waals surface area contributed by atoms with Crippen LogP contribution in [0.3, 0.4) is 0 Å². The molecule has 0 aliphatic carbocycles. The third-order valence-corrected chi connectivity index (χ3v) is 6.04. The molecule has 2 aromatic carbocycles. The van der Waals surface area contributed by atoms with Gasteiger partial charge in [-0.15, -0.1) is 10.2 Å². The van der Waals surface area contributed by atoms with Crippen molar-refractivity contribution in [3.05, 3.63) is 81.3 Å². The first-order valence-electron chi connectivity index (χ1n) is 10.2. The second kappa shape index (κ2) is 9.66. The van der Waals surface area contributed by atoms with Crippen molar-refractivity contribution in [2.45, 2.75) is 44.1 Å². The summed E-state index contributed by atoms with van der Waals surface area (Å²) in [5.74, 6) is 1.98. The first-order valence-corrected chi connectivity index (χ1v) is 11.5. The van der Waals surface area contributed by atoms with Crippen molar-refractivity contribution in [1.29, 1.82) is 0 Å². The number of hydrogen-bond donors (Lipinski definition) is 0. The van der Waals surface area contributed by atoms with Gasteiger partial charge in [0.15, 0.2) is 5.16 Å². The average molecular weight is 455 g/mol. The highest BCUT2D eigenvalue weighted by atomic mass is 35.5. The fraction of sp³-hybridized carbons (Fsp3) is 0.304. The van der Waals surface area contributed by atoms with Crippen molar-refractivity contribution in [2.24, 2.45) is 5.92 Å². The van der Waals surface area contributed by atoms with Crippen LogP contribution in [0.25, 0.3) is 10.9 Å². The monoisotopic (exact) mass is 454 g/mol. The molecule has 0 spiro atoms. The van der Waals surface area contributed by atoms with Gasteiger partial charge in [-0.05, 0) is 36.1 Å². The van der Waals surface area contributed by atoms with E-state index in [9.17, 15) is 4.79 Å². The van der Waals surface area contributed by atoms with Gasteiger partial charge in [-0.1, -0.05) is 67.5 Å². The summed E-state index contributed by atoms with van der Waals surface area (Å²) >= 11 is 7.54. The summed E-state index contributed by atoms with van der Waals surface area (Å²) in [5.41, 5.74) is 1.65. The number of fused-ring (bicyclic) bond motifs is 1. The number of hydrogen-bond acceptors (Lipinski definition) is 6. The lowest BCUT2D eigenvalue weighted by Gasteiger charge is -2.13. The lowest BCUT2D eigenvalue weighted by atomic mass is 10.1. The van der Waals surface area contributed by atoms with Gasteiger partial charge in [0.25, 0.3) is 5.56 Å². The molecule has 0 aliphatic heterocycles. The van der Waals surface area contributed by atoms with Gasteiger partial charge in [0.2, 0.25) is 11.8 Å². The molecular weight excluding hydrogens is 432 g/mol. The van der Waals surface area contributed by atoms with Crippen molar-refractivity contribution in [3.63, 3.8) is 0 Å². The van der Waals surface area contributed by atoms with E-state index >= 15 is 0 Å². The van der Waals surface area contributed by atoms with Gasteiger partial charge in [0.05, 0.1) is 23.1 Å². The number of halogens is 1. The zero-order valence-corrected chi connectivity index (χ0v) is 19.0. The van der Waals surface area contributed by atoms with Crippen molar-refractivity contribution in [1.82, 2.24) is 19.7 Å². The minimum atomic E-state index is -0.0555. The number of thioether (sulfide) groups is 1. The van der Waals surface area contributed by atoms with Gasteiger partial charge in [0.1, 0.15) is 0 Å². The summed E-state index contributed by atoms with van der Waals surface area (Å²) in [6.07, 6.45) is 1.47.